The Bertz CT molecular complexity index is 349. The number of carbonyl (C=O) groups is 1. The Balaban J connectivity index is 2.88. The van der Waals surface area contributed by atoms with Gasteiger partial charge in [-0.05, 0) is 0 Å². The molecule has 0 saturated heterocycles. The van der Waals surface area contributed by atoms with E-state index in [1.165, 1.54) is 0 Å². The standard InChI is InChI=1S/C12H16O4Se/c1-2-16-11(15)12(8-13,9-14)17-10-6-4-3-5-7-10/h3-7,13-14H,2,8-9H2,1H3. The van der Waals surface area contributed by atoms with E-state index in [4.69, 9.17) is 4.74 Å². The molecule has 0 aliphatic rings. The zero-order valence-corrected chi connectivity index (χ0v) is 11.3. The van der Waals surface area contributed by atoms with Gasteiger partial charge in [0.2, 0.25) is 0 Å². The predicted molar refractivity (Wildman–Crippen MR) is 65.3 cm³/mol. The third-order valence-electron chi connectivity index (χ3n) is 2.21. The van der Waals surface area contributed by atoms with Crippen molar-refractivity contribution < 1.29 is 19.7 Å². The maximum atomic E-state index is 11.8. The minimum absolute atomic E-state index is 0.242. The van der Waals surface area contributed by atoms with Gasteiger partial charge in [-0.3, -0.25) is 0 Å². The second-order valence-corrected chi connectivity index (χ2v) is 6.50. The Hall–Kier alpha value is -0.871. The molecule has 0 aliphatic carbocycles. The van der Waals surface area contributed by atoms with Crippen LogP contribution >= 0.6 is 0 Å². The van der Waals surface area contributed by atoms with Crippen molar-refractivity contribution in [2.45, 2.75) is 11.2 Å². The molecule has 0 aliphatic heterocycles. The summed E-state index contributed by atoms with van der Waals surface area (Å²) in [6.45, 7) is 1.13. The fourth-order valence-corrected chi connectivity index (χ4v) is 3.39. The Morgan fingerprint density at radius 1 is 1.29 bits per heavy atom. The first-order valence-corrected chi connectivity index (χ1v) is 7.03. The van der Waals surface area contributed by atoms with E-state index < -0.39 is 23.5 Å². The number of hydrogen-bond acceptors (Lipinski definition) is 4. The number of carbonyl (C=O) groups excluding carboxylic acids is 1. The Kier molecular flexibility index (Phi) is 5.65. The van der Waals surface area contributed by atoms with Crippen LogP contribution in [0.4, 0.5) is 0 Å². The molecule has 0 heterocycles. The van der Waals surface area contributed by atoms with E-state index in [1.54, 1.807) is 6.92 Å². The number of rotatable bonds is 6. The molecule has 1 aromatic carbocycles. The van der Waals surface area contributed by atoms with Gasteiger partial charge in [0.25, 0.3) is 0 Å². The predicted octanol–water partition coefficient (Wildman–Crippen LogP) is -0.278. The first-order chi connectivity index (χ1) is 8.18. The van der Waals surface area contributed by atoms with Gasteiger partial charge in [0.05, 0.1) is 0 Å². The summed E-state index contributed by atoms with van der Waals surface area (Å²) in [5.41, 5.74) is 0. The van der Waals surface area contributed by atoms with Gasteiger partial charge in [0, 0.05) is 0 Å². The van der Waals surface area contributed by atoms with Gasteiger partial charge >= 0.3 is 107 Å². The molecule has 0 unspecified atom stereocenters. The van der Waals surface area contributed by atoms with Gasteiger partial charge in [-0.1, -0.05) is 0 Å². The molecule has 0 spiro atoms. The third kappa shape index (κ3) is 3.54. The van der Waals surface area contributed by atoms with Crippen molar-refractivity contribution in [3.05, 3.63) is 30.3 Å². The van der Waals surface area contributed by atoms with E-state index in [1.807, 2.05) is 30.3 Å². The van der Waals surface area contributed by atoms with Crippen molar-refractivity contribution in [3.63, 3.8) is 0 Å². The molecule has 0 aromatic heterocycles. The first kappa shape index (κ1) is 14.2. The monoisotopic (exact) mass is 304 g/mol. The van der Waals surface area contributed by atoms with Gasteiger partial charge in [-0.25, -0.2) is 0 Å². The minimum atomic E-state index is -1.19. The number of aliphatic hydroxyl groups excluding tert-OH is 2. The van der Waals surface area contributed by atoms with Gasteiger partial charge < -0.3 is 0 Å². The molecule has 5 heteroatoms. The van der Waals surface area contributed by atoms with E-state index in [0.29, 0.717) is 0 Å². The van der Waals surface area contributed by atoms with Crippen molar-refractivity contribution in [1.82, 2.24) is 0 Å². The molecule has 17 heavy (non-hydrogen) atoms. The number of ether oxygens (including phenoxy) is 1. The SMILES string of the molecule is CCOC(=O)C(CO)(CO)[Se]c1ccccc1. The van der Waals surface area contributed by atoms with Crippen molar-refractivity contribution >= 4 is 25.4 Å². The molecule has 0 atom stereocenters. The molecule has 0 radical (unpaired) electrons. The maximum absolute atomic E-state index is 11.8. The molecule has 1 rings (SSSR count). The van der Waals surface area contributed by atoms with Crippen molar-refractivity contribution in [3.8, 4) is 0 Å². The summed E-state index contributed by atoms with van der Waals surface area (Å²) >= 11 is -0.371. The molecule has 0 bridgehead atoms. The molecular weight excluding hydrogens is 287 g/mol. The van der Waals surface area contributed by atoms with Crippen LogP contribution < -0.4 is 4.46 Å². The summed E-state index contributed by atoms with van der Waals surface area (Å²) in [4.78, 5) is 11.8. The van der Waals surface area contributed by atoms with Crippen LogP contribution in [0.1, 0.15) is 6.92 Å². The van der Waals surface area contributed by atoms with Crippen LogP contribution in [0.2, 0.25) is 4.31 Å². The molecule has 0 amide bonds. The summed E-state index contributed by atoms with van der Waals surface area (Å²) in [7, 11) is 0. The molecule has 94 valence electrons. The molecule has 2 N–H and O–H groups in total. The average molecular weight is 303 g/mol. The van der Waals surface area contributed by atoms with Crippen LogP contribution in [0.25, 0.3) is 0 Å². The number of hydrogen-bond donors (Lipinski definition) is 2. The van der Waals surface area contributed by atoms with Gasteiger partial charge in [0.15, 0.2) is 0 Å². The molecule has 0 fully saturated rings. The fraction of sp³-hybridized carbons (Fsp3) is 0.417. The topological polar surface area (TPSA) is 66.8 Å². The number of esters is 1. The fourth-order valence-electron chi connectivity index (χ4n) is 1.26. The van der Waals surface area contributed by atoms with E-state index in [0.717, 1.165) is 4.46 Å². The molecule has 1 aromatic rings. The summed E-state index contributed by atoms with van der Waals surface area (Å²) in [5.74, 6) is -0.533. The third-order valence-corrected chi connectivity index (χ3v) is 4.99. The van der Waals surface area contributed by atoms with Crippen LogP contribution in [-0.2, 0) is 9.53 Å². The van der Waals surface area contributed by atoms with Crippen molar-refractivity contribution in [2.24, 2.45) is 0 Å². The molecule has 0 saturated carbocycles. The van der Waals surface area contributed by atoms with Crippen LogP contribution in [0.5, 0.6) is 0 Å². The molecule has 4 nitrogen and oxygen atoms in total. The van der Waals surface area contributed by atoms with Crippen LogP contribution in [-0.4, -0.2) is 51.0 Å². The Morgan fingerprint density at radius 2 is 1.88 bits per heavy atom. The van der Waals surface area contributed by atoms with Crippen molar-refractivity contribution in [1.29, 1.82) is 0 Å². The van der Waals surface area contributed by atoms with E-state index in [9.17, 15) is 15.0 Å². The quantitative estimate of drug-likeness (QED) is 0.560. The van der Waals surface area contributed by atoms with Crippen molar-refractivity contribution in [2.75, 3.05) is 19.8 Å². The second kappa shape index (κ2) is 6.77. The Labute approximate surface area is 107 Å². The Morgan fingerprint density at radius 3 is 2.35 bits per heavy atom. The summed E-state index contributed by atoms with van der Waals surface area (Å²) in [6.07, 6.45) is 0. The van der Waals surface area contributed by atoms with Crippen LogP contribution in [0.15, 0.2) is 30.3 Å². The number of aliphatic hydroxyl groups is 2. The van der Waals surface area contributed by atoms with E-state index in [2.05, 4.69) is 0 Å². The summed E-state index contributed by atoms with van der Waals surface area (Å²) in [6, 6.07) is 9.35. The van der Waals surface area contributed by atoms with Gasteiger partial charge in [0.1, 0.15) is 0 Å². The van der Waals surface area contributed by atoms with Gasteiger partial charge in [-0.2, -0.15) is 0 Å². The average Bonchev–Trinajstić information content (AvgIpc) is 2.37. The zero-order valence-electron chi connectivity index (χ0n) is 9.63. The summed E-state index contributed by atoms with van der Waals surface area (Å²) in [5, 5.41) is 18.8. The molecular formula is C12H16O4Se. The number of benzene rings is 1. The van der Waals surface area contributed by atoms with Crippen LogP contribution in [0, 0.1) is 0 Å². The van der Waals surface area contributed by atoms with E-state index in [-0.39, 0.29) is 21.6 Å². The van der Waals surface area contributed by atoms with Gasteiger partial charge in [-0.15, -0.1) is 0 Å². The summed E-state index contributed by atoms with van der Waals surface area (Å²) < 4.78 is 4.67. The van der Waals surface area contributed by atoms with E-state index >= 15 is 0 Å². The zero-order chi connectivity index (χ0) is 12.7. The first-order valence-electron chi connectivity index (χ1n) is 5.31. The second-order valence-electron chi connectivity index (χ2n) is 3.45. The van der Waals surface area contributed by atoms with Crippen LogP contribution in [0.3, 0.4) is 0 Å². The normalized spacial score (nSPS) is 11.2.